The second-order valence-electron chi connectivity index (χ2n) is 6.15. The van der Waals surface area contributed by atoms with Crippen LogP contribution in [0.4, 0.5) is 10.5 Å². The van der Waals surface area contributed by atoms with Crippen molar-refractivity contribution in [2.24, 2.45) is 0 Å². The van der Waals surface area contributed by atoms with Gasteiger partial charge < -0.3 is 10.1 Å². The van der Waals surface area contributed by atoms with Crippen LogP contribution < -0.4 is 10.2 Å². The van der Waals surface area contributed by atoms with Crippen LogP contribution in [0.25, 0.3) is 0 Å². The quantitative estimate of drug-likeness (QED) is 0.924. The average Bonchev–Trinajstić information content (AvgIpc) is 2.66. The van der Waals surface area contributed by atoms with Gasteiger partial charge in [0.2, 0.25) is 0 Å². The molecule has 0 saturated carbocycles. The maximum absolute atomic E-state index is 13.1. The zero-order chi connectivity index (χ0) is 16.5. The number of hydrogen-bond acceptors (Lipinski definition) is 3. The first-order valence-corrected chi connectivity index (χ1v) is 8.29. The van der Waals surface area contributed by atoms with Crippen molar-refractivity contribution in [3.05, 3.63) is 65.7 Å². The van der Waals surface area contributed by atoms with E-state index in [1.807, 2.05) is 48.3 Å². The molecule has 1 fully saturated rings. The van der Waals surface area contributed by atoms with E-state index in [0.717, 1.165) is 23.4 Å². The number of anilines is 1. The summed E-state index contributed by atoms with van der Waals surface area (Å²) in [7, 11) is 1.83. The molecule has 124 valence electrons. The van der Waals surface area contributed by atoms with Crippen LogP contribution in [0.5, 0.6) is 0 Å². The molecule has 0 radical (unpaired) electrons. The lowest BCUT2D eigenvalue weighted by Crippen LogP contribution is -2.58. The van der Waals surface area contributed by atoms with Gasteiger partial charge in [0.05, 0.1) is 18.3 Å². The third-order valence-electron chi connectivity index (χ3n) is 4.71. The molecule has 5 heteroatoms. The Bertz CT molecular complexity index is 728. The molecule has 2 atom stereocenters. The summed E-state index contributed by atoms with van der Waals surface area (Å²) in [6.45, 7) is 2.08. The van der Waals surface area contributed by atoms with E-state index in [9.17, 15) is 4.79 Å². The summed E-state index contributed by atoms with van der Waals surface area (Å²) >= 11 is 0. The van der Waals surface area contributed by atoms with Gasteiger partial charge in [0.15, 0.2) is 0 Å². The van der Waals surface area contributed by atoms with Gasteiger partial charge in [-0.25, -0.2) is 4.79 Å². The molecule has 2 aromatic carbocycles. The predicted molar refractivity (Wildman–Crippen MR) is 93.0 cm³/mol. The van der Waals surface area contributed by atoms with E-state index in [4.69, 9.17) is 4.74 Å². The number of nitrogens with one attached hydrogen (secondary N) is 1. The van der Waals surface area contributed by atoms with Gasteiger partial charge in [0.1, 0.15) is 6.23 Å². The largest absolute Gasteiger partial charge is 0.356 e. The number of nitrogens with zero attached hydrogens (tertiary/aromatic N) is 2. The number of hydrogen-bond donors (Lipinski definition) is 1. The van der Waals surface area contributed by atoms with E-state index in [2.05, 4.69) is 23.5 Å². The first kappa shape index (κ1) is 15.2. The Morgan fingerprint density at radius 3 is 2.58 bits per heavy atom. The summed E-state index contributed by atoms with van der Waals surface area (Å²) in [5, 5.41) is 3.33. The van der Waals surface area contributed by atoms with Crippen LogP contribution in [-0.2, 0) is 4.74 Å². The first-order valence-electron chi connectivity index (χ1n) is 8.29. The number of para-hydroxylation sites is 1. The van der Waals surface area contributed by atoms with Crippen molar-refractivity contribution < 1.29 is 9.53 Å². The van der Waals surface area contributed by atoms with Gasteiger partial charge in [-0.1, -0.05) is 48.5 Å². The van der Waals surface area contributed by atoms with Crippen LogP contribution in [0.2, 0.25) is 0 Å². The van der Waals surface area contributed by atoms with Crippen molar-refractivity contribution in [1.29, 1.82) is 0 Å². The van der Waals surface area contributed by atoms with Crippen molar-refractivity contribution in [2.45, 2.75) is 12.3 Å². The molecule has 0 aliphatic carbocycles. The van der Waals surface area contributed by atoms with E-state index < -0.39 is 0 Å². The van der Waals surface area contributed by atoms with Gasteiger partial charge in [-0.2, -0.15) is 0 Å². The summed E-state index contributed by atoms with van der Waals surface area (Å²) in [5.74, 6) is 0. The highest BCUT2D eigenvalue weighted by atomic mass is 16.5. The van der Waals surface area contributed by atoms with Crippen LogP contribution in [0.15, 0.2) is 54.6 Å². The molecule has 2 amide bonds. The van der Waals surface area contributed by atoms with Gasteiger partial charge in [-0.15, -0.1) is 0 Å². The highest BCUT2D eigenvalue weighted by molar-refractivity contribution is 5.95. The third-order valence-corrected chi connectivity index (χ3v) is 4.71. The lowest BCUT2D eigenvalue weighted by Gasteiger charge is -2.46. The number of benzene rings is 2. The van der Waals surface area contributed by atoms with Gasteiger partial charge in [-0.3, -0.25) is 9.80 Å². The molecule has 0 aromatic heterocycles. The highest BCUT2D eigenvalue weighted by Gasteiger charge is 2.41. The molecule has 2 heterocycles. The molecule has 0 spiro atoms. The van der Waals surface area contributed by atoms with E-state index in [0.29, 0.717) is 13.2 Å². The lowest BCUT2D eigenvalue weighted by atomic mass is 9.93. The number of carbonyl (C=O) groups is 1. The van der Waals surface area contributed by atoms with Crippen LogP contribution in [0.1, 0.15) is 17.2 Å². The molecule has 4 rings (SSSR count). The van der Waals surface area contributed by atoms with Crippen LogP contribution in [-0.4, -0.2) is 43.9 Å². The van der Waals surface area contributed by atoms with Crippen LogP contribution in [0.3, 0.4) is 0 Å². The Morgan fingerprint density at radius 1 is 1.08 bits per heavy atom. The molecule has 2 unspecified atom stereocenters. The average molecular weight is 323 g/mol. The van der Waals surface area contributed by atoms with E-state index in [1.54, 1.807) is 4.90 Å². The summed E-state index contributed by atoms with van der Waals surface area (Å²) in [4.78, 5) is 16.7. The summed E-state index contributed by atoms with van der Waals surface area (Å²) in [6, 6.07) is 18.1. The number of urea groups is 1. The number of morpholine rings is 1. The number of rotatable bonds is 2. The fourth-order valence-electron chi connectivity index (χ4n) is 3.56. The minimum atomic E-state index is -0.271. The second kappa shape index (κ2) is 6.26. The normalized spacial score (nSPS) is 24.0. The zero-order valence-corrected chi connectivity index (χ0v) is 13.7. The van der Waals surface area contributed by atoms with Gasteiger partial charge >= 0.3 is 6.03 Å². The molecular formula is C19H21N3O2. The predicted octanol–water partition coefficient (Wildman–Crippen LogP) is 2.59. The summed E-state index contributed by atoms with van der Waals surface area (Å²) in [6.07, 6.45) is -0.271. The summed E-state index contributed by atoms with van der Waals surface area (Å²) in [5.41, 5.74) is 3.18. The lowest BCUT2D eigenvalue weighted by molar-refractivity contribution is -0.0650. The van der Waals surface area contributed by atoms with Crippen LogP contribution >= 0.6 is 0 Å². The molecule has 24 heavy (non-hydrogen) atoms. The standard InChI is InChI=1S/C19H21N3O2/c1-21-16-10-6-5-9-15(16)18(14-7-3-2-4-8-14)22(19(21)23)17-13-20-11-12-24-17/h2-10,17-18,20H,11-13H2,1H3. The maximum atomic E-state index is 13.1. The van der Waals surface area contributed by atoms with Crippen molar-refractivity contribution >= 4 is 11.7 Å². The summed E-state index contributed by atoms with van der Waals surface area (Å²) < 4.78 is 5.92. The molecular weight excluding hydrogens is 302 g/mol. The van der Waals surface area contributed by atoms with Crippen molar-refractivity contribution in [2.75, 3.05) is 31.6 Å². The first-order chi connectivity index (χ1) is 11.8. The minimum Gasteiger partial charge on any atom is -0.356 e. The van der Waals surface area contributed by atoms with Gasteiger partial charge in [0.25, 0.3) is 0 Å². The molecule has 2 aromatic rings. The Balaban J connectivity index is 1.85. The van der Waals surface area contributed by atoms with Crippen LogP contribution in [0, 0.1) is 0 Å². The topological polar surface area (TPSA) is 44.8 Å². The van der Waals surface area contributed by atoms with Crippen molar-refractivity contribution in [1.82, 2.24) is 10.2 Å². The van der Waals surface area contributed by atoms with E-state index >= 15 is 0 Å². The maximum Gasteiger partial charge on any atom is 0.327 e. The molecule has 2 aliphatic heterocycles. The molecule has 1 N–H and O–H groups in total. The van der Waals surface area contributed by atoms with Gasteiger partial charge in [-0.05, 0) is 11.6 Å². The van der Waals surface area contributed by atoms with E-state index in [-0.39, 0.29) is 18.3 Å². The fourth-order valence-corrected chi connectivity index (χ4v) is 3.56. The minimum absolute atomic E-state index is 0.0312. The van der Waals surface area contributed by atoms with Crippen molar-refractivity contribution in [3.63, 3.8) is 0 Å². The third kappa shape index (κ3) is 2.46. The highest BCUT2D eigenvalue weighted by Crippen LogP contribution is 2.41. The van der Waals surface area contributed by atoms with Crippen molar-refractivity contribution in [3.8, 4) is 0 Å². The number of ether oxygens (including phenoxy) is 1. The molecule has 1 saturated heterocycles. The smallest absolute Gasteiger partial charge is 0.327 e. The van der Waals surface area contributed by atoms with E-state index in [1.165, 1.54) is 0 Å². The molecule has 0 bridgehead atoms. The SMILES string of the molecule is CN1C(=O)N(C2CNCCO2)C(c2ccccc2)c2ccccc21. The Labute approximate surface area is 141 Å². The van der Waals surface area contributed by atoms with Gasteiger partial charge in [0, 0.05) is 25.7 Å². The number of carbonyl (C=O) groups excluding carboxylic acids is 1. The Morgan fingerprint density at radius 2 is 1.83 bits per heavy atom. The molecule has 2 aliphatic rings. The Hall–Kier alpha value is -2.37. The number of amides is 2. The Kier molecular flexibility index (Phi) is 3.96. The monoisotopic (exact) mass is 323 g/mol. The second-order valence-corrected chi connectivity index (χ2v) is 6.15. The zero-order valence-electron chi connectivity index (χ0n) is 13.7. The fraction of sp³-hybridized carbons (Fsp3) is 0.316. The number of fused-ring (bicyclic) bond motifs is 1. The molecule has 5 nitrogen and oxygen atoms in total.